The highest BCUT2D eigenvalue weighted by atomic mass is 32.1. The number of thiazole rings is 1. The Morgan fingerprint density at radius 1 is 1.41 bits per heavy atom. The van der Waals surface area contributed by atoms with Crippen molar-refractivity contribution < 1.29 is 8.78 Å². The number of aromatic nitrogens is 3. The molecule has 0 fully saturated rings. The fraction of sp³-hybridized carbons (Fsp3) is 0.400. The van der Waals surface area contributed by atoms with Gasteiger partial charge in [-0.1, -0.05) is 0 Å². The minimum absolute atomic E-state index is 0.0258. The second-order valence-corrected chi connectivity index (χ2v) is 4.43. The van der Waals surface area contributed by atoms with Gasteiger partial charge in [-0.15, -0.1) is 11.3 Å². The minimum atomic E-state index is -2.55. The molecular weight excluding hydrogens is 246 g/mol. The minimum Gasteiger partial charge on any atom is -0.301 e. The lowest BCUT2D eigenvalue weighted by molar-refractivity contribution is 0.0665. The van der Waals surface area contributed by atoms with Gasteiger partial charge in [0.05, 0.1) is 12.6 Å². The molecular formula is C10H12F2N4S. The third-order valence-corrected chi connectivity index (χ3v) is 3.31. The molecule has 0 saturated carbocycles. The van der Waals surface area contributed by atoms with Crippen LogP contribution in [-0.2, 0) is 6.54 Å². The molecule has 0 bridgehead atoms. The second-order valence-electron chi connectivity index (χ2n) is 3.50. The molecule has 17 heavy (non-hydrogen) atoms. The lowest BCUT2D eigenvalue weighted by atomic mass is 10.3. The SMILES string of the molecule is CC(NCc1nccn1C(F)F)c1nccs1. The highest BCUT2D eigenvalue weighted by molar-refractivity contribution is 7.09. The third kappa shape index (κ3) is 2.86. The number of hydrogen-bond acceptors (Lipinski definition) is 4. The van der Waals surface area contributed by atoms with Crippen LogP contribution in [0.1, 0.15) is 30.3 Å². The van der Waals surface area contributed by atoms with Crippen LogP contribution in [-0.4, -0.2) is 14.5 Å². The van der Waals surface area contributed by atoms with Gasteiger partial charge in [-0.2, -0.15) is 8.78 Å². The van der Waals surface area contributed by atoms with Crippen molar-refractivity contribution in [3.8, 4) is 0 Å². The maximum absolute atomic E-state index is 12.5. The van der Waals surface area contributed by atoms with E-state index < -0.39 is 6.55 Å². The first-order chi connectivity index (χ1) is 8.18. The first-order valence-corrected chi connectivity index (χ1v) is 5.99. The molecule has 0 aliphatic carbocycles. The van der Waals surface area contributed by atoms with E-state index in [1.54, 1.807) is 6.20 Å². The van der Waals surface area contributed by atoms with Gasteiger partial charge in [0, 0.05) is 24.0 Å². The Morgan fingerprint density at radius 3 is 2.88 bits per heavy atom. The standard InChI is InChI=1S/C10H12F2N4S/c1-7(9-14-3-5-17-9)15-6-8-13-2-4-16(8)10(11)12/h2-5,7,10,15H,6H2,1H3. The lowest BCUT2D eigenvalue weighted by Gasteiger charge is -2.11. The van der Waals surface area contributed by atoms with Crippen molar-refractivity contribution in [2.24, 2.45) is 0 Å². The van der Waals surface area contributed by atoms with E-state index in [0.29, 0.717) is 5.82 Å². The molecule has 2 heterocycles. The van der Waals surface area contributed by atoms with E-state index in [1.165, 1.54) is 23.7 Å². The van der Waals surface area contributed by atoms with Gasteiger partial charge in [0.1, 0.15) is 10.8 Å². The van der Waals surface area contributed by atoms with Crippen LogP contribution in [0.5, 0.6) is 0 Å². The number of halogens is 2. The van der Waals surface area contributed by atoms with E-state index in [0.717, 1.165) is 9.57 Å². The molecule has 4 nitrogen and oxygen atoms in total. The summed E-state index contributed by atoms with van der Waals surface area (Å²) >= 11 is 1.53. The molecule has 2 rings (SSSR count). The van der Waals surface area contributed by atoms with Crippen molar-refractivity contribution >= 4 is 11.3 Å². The molecule has 1 N–H and O–H groups in total. The Kier molecular flexibility index (Phi) is 3.80. The van der Waals surface area contributed by atoms with Crippen LogP contribution in [0.4, 0.5) is 8.78 Å². The molecule has 2 aromatic rings. The van der Waals surface area contributed by atoms with Gasteiger partial charge in [-0.3, -0.25) is 4.57 Å². The van der Waals surface area contributed by atoms with Crippen LogP contribution in [0.3, 0.4) is 0 Å². The van der Waals surface area contributed by atoms with Crippen molar-refractivity contribution in [3.05, 3.63) is 34.8 Å². The maximum atomic E-state index is 12.5. The van der Waals surface area contributed by atoms with E-state index in [2.05, 4.69) is 15.3 Å². The van der Waals surface area contributed by atoms with Crippen molar-refractivity contribution in [3.63, 3.8) is 0 Å². The number of imidazole rings is 1. The van der Waals surface area contributed by atoms with E-state index in [4.69, 9.17) is 0 Å². The molecule has 0 saturated heterocycles. The summed E-state index contributed by atoms with van der Waals surface area (Å²) in [5, 5.41) is 5.93. The van der Waals surface area contributed by atoms with Gasteiger partial charge in [0.25, 0.3) is 0 Å². The molecule has 0 aliphatic rings. The van der Waals surface area contributed by atoms with Crippen LogP contribution in [0.15, 0.2) is 24.0 Å². The number of alkyl halides is 2. The van der Waals surface area contributed by atoms with E-state index in [9.17, 15) is 8.78 Å². The number of nitrogens with zero attached hydrogens (tertiary/aromatic N) is 3. The summed E-state index contributed by atoms with van der Waals surface area (Å²) < 4.78 is 25.9. The summed E-state index contributed by atoms with van der Waals surface area (Å²) in [5.74, 6) is 0.323. The Labute approximate surface area is 101 Å². The summed E-state index contributed by atoms with van der Waals surface area (Å²) in [6.07, 6.45) is 4.37. The van der Waals surface area contributed by atoms with E-state index >= 15 is 0 Å². The number of nitrogens with one attached hydrogen (secondary N) is 1. The smallest absolute Gasteiger partial charge is 0.301 e. The van der Waals surface area contributed by atoms with Crippen molar-refractivity contribution in [1.82, 2.24) is 19.9 Å². The van der Waals surface area contributed by atoms with Crippen LogP contribution in [0.2, 0.25) is 0 Å². The van der Waals surface area contributed by atoms with Gasteiger partial charge in [-0.05, 0) is 6.92 Å². The molecule has 7 heteroatoms. The molecule has 92 valence electrons. The fourth-order valence-corrected chi connectivity index (χ4v) is 2.11. The average molecular weight is 258 g/mol. The molecule has 0 amide bonds. The van der Waals surface area contributed by atoms with Crippen LogP contribution in [0, 0.1) is 0 Å². The monoisotopic (exact) mass is 258 g/mol. The van der Waals surface area contributed by atoms with Gasteiger partial charge >= 0.3 is 6.55 Å². The second kappa shape index (κ2) is 5.33. The highest BCUT2D eigenvalue weighted by Gasteiger charge is 2.13. The Bertz CT molecular complexity index is 455. The number of hydrogen-bond donors (Lipinski definition) is 1. The predicted molar refractivity (Wildman–Crippen MR) is 60.8 cm³/mol. The van der Waals surface area contributed by atoms with Crippen molar-refractivity contribution in [1.29, 1.82) is 0 Å². The third-order valence-electron chi connectivity index (χ3n) is 2.35. The summed E-state index contributed by atoms with van der Waals surface area (Å²) in [6, 6.07) is 0.0258. The molecule has 2 aromatic heterocycles. The molecule has 1 atom stereocenters. The first kappa shape index (κ1) is 12.1. The number of rotatable bonds is 5. The predicted octanol–water partition coefficient (Wildman–Crippen LogP) is 2.59. The molecule has 0 aliphatic heterocycles. The van der Waals surface area contributed by atoms with Gasteiger partial charge in [0.2, 0.25) is 0 Å². The Morgan fingerprint density at radius 2 is 2.24 bits per heavy atom. The summed E-state index contributed by atoms with van der Waals surface area (Å²) in [7, 11) is 0. The summed E-state index contributed by atoms with van der Waals surface area (Å²) in [5.41, 5.74) is 0. The quantitative estimate of drug-likeness (QED) is 0.896. The summed E-state index contributed by atoms with van der Waals surface area (Å²) in [6.45, 7) is -0.323. The Balaban J connectivity index is 1.96. The van der Waals surface area contributed by atoms with Gasteiger partial charge in [-0.25, -0.2) is 9.97 Å². The fourth-order valence-electron chi connectivity index (χ4n) is 1.44. The van der Waals surface area contributed by atoms with E-state index in [-0.39, 0.29) is 12.6 Å². The normalized spacial score (nSPS) is 13.2. The molecule has 0 aromatic carbocycles. The molecule has 0 spiro atoms. The average Bonchev–Trinajstić information content (AvgIpc) is 2.96. The molecule has 0 radical (unpaired) electrons. The topological polar surface area (TPSA) is 42.7 Å². The highest BCUT2D eigenvalue weighted by Crippen LogP contribution is 2.16. The largest absolute Gasteiger partial charge is 0.319 e. The van der Waals surface area contributed by atoms with E-state index in [1.807, 2.05) is 12.3 Å². The van der Waals surface area contributed by atoms with Crippen molar-refractivity contribution in [2.75, 3.05) is 0 Å². The summed E-state index contributed by atoms with van der Waals surface area (Å²) in [4.78, 5) is 8.05. The maximum Gasteiger partial charge on any atom is 0.319 e. The van der Waals surface area contributed by atoms with Gasteiger partial charge in [0.15, 0.2) is 0 Å². The van der Waals surface area contributed by atoms with Gasteiger partial charge < -0.3 is 5.32 Å². The lowest BCUT2D eigenvalue weighted by Crippen LogP contribution is -2.20. The van der Waals surface area contributed by atoms with Crippen LogP contribution >= 0.6 is 11.3 Å². The zero-order chi connectivity index (χ0) is 12.3. The zero-order valence-corrected chi connectivity index (χ0v) is 9.99. The first-order valence-electron chi connectivity index (χ1n) is 5.11. The van der Waals surface area contributed by atoms with Crippen LogP contribution in [0.25, 0.3) is 0 Å². The molecule has 1 unspecified atom stereocenters. The zero-order valence-electron chi connectivity index (χ0n) is 9.18. The Hall–Kier alpha value is -1.34. The van der Waals surface area contributed by atoms with Crippen LogP contribution < -0.4 is 5.32 Å². The van der Waals surface area contributed by atoms with Crippen molar-refractivity contribution in [2.45, 2.75) is 26.1 Å².